The van der Waals surface area contributed by atoms with Crippen LogP contribution in [0.15, 0.2) is 21.3 Å². The lowest BCUT2D eigenvalue weighted by Crippen LogP contribution is -2.44. The second-order valence-corrected chi connectivity index (χ2v) is 10.4. The number of halogens is 1. The number of piperidine rings is 1. The van der Waals surface area contributed by atoms with Crippen molar-refractivity contribution in [1.29, 1.82) is 0 Å². The number of thiophene rings is 1. The third-order valence-corrected chi connectivity index (χ3v) is 8.08. The molecule has 27 heavy (non-hydrogen) atoms. The van der Waals surface area contributed by atoms with E-state index in [-0.39, 0.29) is 24.0 Å². The number of nitrogens with one attached hydrogen (secondary N) is 2. The highest BCUT2D eigenvalue weighted by Crippen LogP contribution is 2.27. The van der Waals surface area contributed by atoms with E-state index in [0.717, 1.165) is 36.6 Å². The standard InChI is InChI=1S/C18H32N4O2S2.HI/c1-5-19-18(21-15(4)14(2)3)20-13-16-9-10-17(25-16)26(23,24)22-11-7-6-8-12-22;/h9-10,14-15H,5-8,11-13H2,1-4H3,(H2,19,20,21);1H. The fraction of sp³-hybridized carbons (Fsp3) is 0.722. The molecule has 0 aliphatic carbocycles. The minimum Gasteiger partial charge on any atom is -0.357 e. The van der Waals surface area contributed by atoms with Crippen molar-refractivity contribution in [3.05, 3.63) is 17.0 Å². The van der Waals surface area contributed by atoms with Gasteiger partial charge < -0.3 is 10.6 Å². The first kappa shape index (κ1) is 24.6. The molecule has 0 saturated carbocycles. The van der Waals surface area contributed by atoms with Gasteiger partial charge in [0.05, 0.1) is 6.54 Å². The van der Waals surface area contributed by atoms with E-state index in [0.29, 0.717) is 35.8 Å². The molecule has 1 aromatic rings. The summed E-state index contributed by atoms with van der Waals surface area (Å²) >= 11 is 1.33. The van der Waals surface area contributed by atoms with E-state index in [9.17, 15) is 8.42 Å². The van der Waals surface area contributed by atoms with Crippen LogP contribution in [0.25, 0.3) is 0 Å². The number of aliphatic imine (C=N–C) groups is 1. The van der Waals surface area contributed by atoms with Crippen molar-refractivity contribution in [1.82, 2.24) is 14.9 Å². The molecule has 2 N–H and O–H groups in total. The Balaban J connectivity index is 0.00000364. The SMILES string of the molecule is CCNC(=NCc1ccc(S(=O)(=O)N2CCCCC2)s1)NC(C)C(C)C.I. The predicted molar refractivity (Wildman–Crippen MR) is 125 cm³/mol. The molecule has 9 heteroatoms. The molecule has 156 valence electrons. The number of nitrogens with zero attached hydrogens (tertiary/aromatic N) is 2. The van der Waals surface area contributed by atoms with Crippen molar-refractivity contribution in [2.75, 3.05) is 19.6 Å². The van der Waals surface area contributed by atoms with Gasteiger partial charge >= 0.3 is 0 Å². The van der Waals surface area contributed by atoms with Crippen LogP contribution in [-0.2, 0) is 16.6 Å². The van der Waals surface area contributed by atoms with Crippen molar-refractivity contribution in [3.63, 3.8) is 0 Å². The zero-order valence-corrected chi connectivity index (χ0v) is 20.7. The molecule has 0 radical (unpaired) electrons. The van der Waals surface area contributed by atoms with E-state index in [2.05, 4.69) is 36.4 Å². The number of sulfonamides is 1. The summed E-state index contributed by atoms with van der Waals surface area (Å²) in [7, 11) is -3.35. The van der Waals surface area contributed by atoms with E-state index < -0.39 is 10.0 Å². The Labute approximate surface area is 185 Å². The van der Waals surface area contributed by atoms with Crippen LogP contribution in [0, 0.1) is 5.92 Å². The van der Waals surface area contributed by atoms with Gasteiger partial charge in [0.1, 0.15) is 4.21 Å². The largest absolute Gasteiger partial charge is 0.357 e. The van der Waals surface area contributed by atoms with Crippen molar-refractivity contribution in [2.24, 2.45) is 10.9 Å². The molecule has 2 heterocycles. The van der Waals surface area contributed by atoms with E-state index in [1.807, 2.05) is 13.0 Å². The van der Waals surface area contributed by atoms with Gasteiger partial charge in [0.2, 0.25) is 0 Å². The van der Waals surface area contributed by atoms with Gasteiger partial charge in [-0.1, -0.05) is 20.3 Å². The van der Waals surface area contributed by atoms with Gasteiger partial charge in [-0.2, -0.15) is 4.31 Å². The van der Waals surface area contributed by atoms with Crippen LogP contribution in [0.1, 0.15) is 51.8 Å². The second-order valence-electron chi connectivity index (χ2n) is 7.06. The minimum absolute atomic E-state index is 0. The molecule has 1 atom stereocenters. The van der Waals surface area contributed by atoms with Crippen molar-refractivity contribution in [3.8, 4) is 0 Å². The first-order valence-corrected chi connectivity index (χ1v) is 11.7. The Morgan fingerprint density at radius 2 is 1.89 bits per heavy atom. The molecular weight excluding hydrogens is 495 g/mol. The summed E-state index contributed by atoms with van der Waals surface area (Å²) in [5.41, 5.74) is 0. The smallest absolute Gasteiger partial charge is 0.252 e. The van der Waals surface area contributed by atoms with Crippen LogP contribution >= 0.6 is 35.3 Å². The average molecular weight is 529 g/mol. The topological polar surface area (TPSA) is 73.8 Å². The number of hydrogen-bond acceptors (Lipinski definition) is 4. The molecule has 1 fully saturated rings. The maximum atomic E-state index is 12.7. The first-order valence-electron chi connectivity index (χ1n) is 9.48. The van der Waals surface area contributed by atoms with Crippen molar-refractivity contribution in [2.45, 2.75) is 63.8 Å². The molecule has 2 rings (SSSR count). The number of rotatable bonds is 7. The van der Waals surface area contributed by atoms with Crippen LogP contribution in [-0.4, -0.2) is 44.4 Å². The zero-order valence-electron chi connectivity index (χ0n) is 16.7. The summed E-state index contributed by atoms with van der Waals surface area (Å²) in [5.74, 6) is 1.27. The highest BCUT2D eigenvalue weighted by atomic mass is 127. The summed E-state index contributed by atoms with van der Waals surface area (Å²) in [5, 5.41) is 6.64. The third kappa shape index (κ3) is 7.17. The van der Waals surface area contributed by atoms with Gasteiger partial charge in [0.15, 0.2) is 5.96 Å². The van der Waals surface area contributed by atoms with Crippen molar-refractivity contribution >= 4 is 51.3 Å². The lowest BCUT2D eigenvalue weighted by atomic mass is 10.1. The molecule has 1 aromatic heterocycles. The first-order chi connectivity index (χ1) is 12.3. The Morgan fingerprint density at radius 1 is 1.22 bits per heavy atom. The Morgan fingerprint density at radius 3 is 2.48 bits per heavy atom. The van der Waals surface area contributed by atoms with E-state index >= 15 is 0 Å². The molecule has 0 aromatic carbocycles. The van der Waals surface area contributed by atoms with Crippen LogP contribution < -0.4 is 10.6 Å². The zero-order chi connectivity index (χ0) is 19.2. The van der Waals surface area contributed by atoms with Crippen LogP contribution in [0.2, 0.25) is 0 Å². The Kier molecular flexibility index (Phi) is 10.6. The molecular formula is C18H33IN4O2S2. The highest BCUT2D eigenvalue weighted by Gasteiger charge is 2.27. The summed E-state index contributed by atoms with van der Waals surface area (Å²) in [6, 6.07) is 3.91. The third-order valence-electron chi connectivity index (χ3n) is 4.65. The van der Waals surface area contributed by atoms with E-state index in [1.54, 1.807) is 10.4 Å². The van der Waals surface area contributed by atoms with Gasteiger partial charge in [-0.25, -0.2) is 13.4 Å². The lowest BCUT2D eigenvalue weighted by Gasteiger charge is -2.25. The fourth-order valence-electron chi connectivity index (χ4n) is 2.67. The molecule has 1 unspecified atom stereocenters. The minimum atomic E-state index is -3.35. The molecule has 1 aliphatic rings. The van der Waals surface area contributed by atoms with Gasteiger partial charge in [0.25, 0.3) is 10.0 Å². The van der Waals surface area contributed by atoms with Gasteiger partial charge in [0, 0.05) is 30.6 Å². The molecule has 1 saturated heterocycles. The summed E-state index contributed by atoms with van der Waals surface area (Å²) in [6.45, 7) is 11.0. The Bertz CT molecular complexity index is 698. The van der Waals surface area contributed by atoms with E-state index in [1.165, 1.54) is 11.3 Å². The van der Waals surface area contributed by atoms with Gasteiger partial charge in [-0.15, -0.1) is 35.3 Å². The summed E-state index contributed by atoms with van der Waals surface area (Å²) < 4.78 is 27.5. The molecule has 1 aliphatic heterocycles. The molecule has 6 nitrogen and oxygen atoms in total. The maximum Gasteiger partial charge on any atom is 0.252 e. The maximum absolute atomic E-state index is 12.7. The molecule has 0 amide bonds. The summed E-state index contributed by atoms with van der Waals surface area (Å²) in [4.78, 5) is 5.56. The van der Waals surface area contributed by atoms with Crippen LogP contribution in [0.5, 0.6) is 0 Å². The number of guanidine groups is 1. The van der Waals surface area contributed by atoms with Crippen LogP contribution in [0.4, 0.5) is 0 Å². The quantitative estimate of drug-likeness (QED) is 0.322. The average Bonchev–Trinajstić information content (AvgIpc) is 3.10. The van der Waals surface area contributed by atoms with Gasteiger partial charge in [-0.05, 0) is 44.7 Å². The monoisotopic (exact) mass is 528 g/mol. The second kappa shape index (κ2) is 11.6. The highest BCUT2D eigenvalue weighted by molar-refractivity contribution is 14.0. The lowest BCUT2D eigenvalue weighted by molar-refractivity contribution is 0.347. The molecule has 0 bridgehead atoms. The van der Waals surface area contributed by atoms with Crippen molar-refractivity contribution < 1.29 is 8.42 Å². The molecule has 0 spiro atoms. The van der Waals surface area contributed by atoms with E-state index in [4.69, 9.17) is 0 Å². The predicted octanol–water partition coefficient (Wildman–Crippen LogP) is 3.64. The summed E-state index contributed by atoms with van der Waals surface area (Å²) in [6.07, 6.45) is 3.02. The van der Waals surface area contributed by atoms with Crippen LogP contribution in [0.3, 0.4) is 0 Å². The normalized spacial score (nSPS) is 17.4. The Hall–Kier alpha value is -0.390. The number of hydrogen-bond donors (Lipinski definition) is 2. The fourth-order valence-corrected chi connectivity index (χ4v) is 5.63. The van der Waals surface area contributed by atoms with Gasteiger partial charge in [-0.3, -0.25) is 0 Å².